The maximum Gasteiger partial charge on any atom is 0.463 e. The Morgan fingerprint density at radius 1 is 1.08 bits per heavy atom. The van der Waals surface area contributed by atoms with E-state index < -0.39 is 7.12 Å². The van der Waals surface area contributed by atoms with E-state index in [4.69, 9.17) is 9.31 Å². The fraction of sp³-hybridized carbons (Fsp3) is 0.536. The minimum atomic E-state index is -0.414. The Morgan fingerprint density at radius 3 is 2.42 bits per heavy atom. The zero-order chi connectivity index (χ0) is 24.8. The standard InChI is InChI=1S/C28H36BFN2O3.ClH/c1-27(2)20-15-24(27)28(3)25(16-20)34-29(35-28)21(13-19-9-11-22(30)12-10-19)17-32-26(33)23(31)14-18-7-5-4-6-8-18;/h4-12,20-21,23-25H,13-17,31H2,1-3H3,(H,32,33);1H/t20-,21?,23+,24-,25+,28-;/m1./s1. The molecule has 3 aliphatic carbocycles. The molecular formula is C28H37BClFN2O3. The van der Waals surface area contributed by atoms with Gasteiger partial charge in [0.15, 0.2) is 6.04 Å². The lowest BCUT2D eigenvalue weighted by molar-refractivity contribution is -0.403. The molecule has 1 heterocycles. The van der Waals surface area contributed by atoms with Gasteiger partial charge in [-0.05, 0) is 66.7 Å². The number of amides is 1. The number of hydrogen-bond donors (Lipinski definition) is 2. The van der Waals surface area contributed by atoms with E-state index in [0.29, 0.717) is 31.2 Å². The molecule has 8 heteroatoms. The van der Waals surface area contributed by atoms with Gasteiger partial charge in [0.1, 0.15) is 5.82 Å². The number of carbonyl (C=O) groups excluding carboxylic acids is 1. The molecule has 3 saturated carbocycles. The van der Waals surface area contributed by atoms with Crippen molar-refractivity contribution in [2.24, 2.45) is 17.3 Å². The number of hydrogen-bond acceptors (Lipinski definition) is 3. The topological polar surface area (TPSA) is 75.2 Å². The van der Waals surface area contributed by atoms with E-state index in [9.17, 15) is 9.18 Å². The molecule has 4 N–H and O–H groups in total. The summed E-state index contributed by atoms with van der Waals surface area (Å²) < 4.78 is 26.8. The second-order valence-electron chi connectivity index (χ2n) is 11.6. The van der Waals surface area contributed by atoms with Gasteiger partial charge in [-0.25, -0.2) is 4.39 Å². The van der Waals surface area contributed by atoms with E-state index in [2.05, 4.69) is 31.8 Å². The Bertz CT molecular complexity index is 1060. The Kier molecular flexibility index (Phi) is 7.87. The highest BCUT2D eigenvalue weighted by atomic mass is 35.5. The molecule has 1 amide bonds. The van der Waals surface area contributed by atoms with Crippen LogP contribution in [0.3, 0.4) is 0 Å². The molecule has 6 atom stereocenters. The largest absolute Gasteiger partial charge is 1.00 e. The van der Waals surface area contributed by atoms with Gasteiger partial charge in [-0.15, -0.1) is 0 Å². The van der Waals surface area contributed by atoms with Crippen molar-refractivity contribution in [1.29, 1.82) is 0 Å². The third-order valence-corrected chi connectivity index (χ3v) is 9.00. The van der Waals surface area contributed by atoms with Crippen molar-refractivity contribution in [3.63, 3.8) is 0 Å². The second kappa shape index (κ2) is 10.4. The van der Waals surface area contributed by atoms with E-state index in [1.807, 2.05) is 30.3 Å². The number of quaternary nitrogens is 1. The third kappa shape index (κ3) is 5.08. The molecule has 1 aliphatic heterocycles. The summed E-state index contributed by atoms with van der Waals surface area (Å²) in [4.78, 5) is 12.9. The molecule has 4 fully saturated rings. The summed E-state index contributed by atoms with van der Waals surface area (Å²) in [6.45, 7) is 7.32. The first kappa shape index (κ1) is 27.1. The summed E-state index contributed by atoms with van der Waals surface area (Å²) in [5.41, 5.74) is 6.13. The number of halogens is 2. The lowest BCUT2D eigenvalue weighted by Gasteiger charge is -2.64. The normalized spacial score (nSPS) is 29.4. The van der Waals surface area contributed by atoms with Gasteiger partial charge in [-0.3, -0.25) is 4.79 Å². The minimum Gasteiger partial charge on any atom is -1.00 e. The van der Waals surface area contributed by atoms with Gasteiger partial charge in [0.05, 0.1) is 11.7 Å². The first-order valence-corrected chi connectivity index (χ1v) is 12.9. The second-order valence-corrected chi connectivity index (χ2v) is 11.6. The van der Waals surface area contributed by atoms with Crippen LogP contribution in [0, 0.1) is 23.1 Å². The van der Waals surface area contributed by atoms with Crippen LogP contribution in [0.5, 0.6) is 0 Å². The van der Waals surface area contributed by atoms with Crippen LogP contribution in [0.25, 0.3) is 0 Å². The van der Waals surface area contributed by atoms with Crippen molar-refractivity contribution >= 4 is 13.0 Å². The molecule has 1 saturated heterocycles. The van der Waals surface area contributed by atoms with Crippen molar-refractivity contribution in [3.05, 3.63) is 71.5 Å². The van der Waals surface area contributed by atoms with Gasteiger partial charge in [-0.1, -0.05) is 56.3 Å². The Labute approximate surface area is 220 Å². The van der Waals surface area contributed by atoms with E-state index in [-0.39, 0.29) is 53.1 Å². The van der Waals surface area contributed by atoms with Crippen molar-refractivity contribution in [3.8, 4) is 0 Å². The first-order chi connectivity index (χ1) is 16.7. The predicted octanol–water partition coefficient (Wildman–Crippen LogP) is 0.440. The van der Waals surface area contributed by atoms with Crippen molar-refractivity contribution < 1.29 is 36.6 Å². The van der Waals surface area contributed by atoms with E-state index >= 15 is 0 Å². The predicted molar refractivity (Wildman–Crippen MR) is 134 cm³/mol. The van der Waals surface area contributed by atoms with Gasteiger partial charge in [0.2, 0.25) is 0 Å². The van der Waals surface area contributed by atoms with E-state index in [1.165, 1.54) is 18.6 Å². The van der Waals surface area contributed by atoms with Gasteiger partial charge in [0.25, 0.3) is 5.91 Å². The number of carbonyl (C=O) groups is 1. The van der Waals surface area contributed by atoms with Crippen LogP contribution in [0.4, 0.5) is 4.39 Å². The molecule has 194 valence electrons. The molecule has 1 unspecified atom stereocenters. The van der Waals surface area contributed by atoms with Crippen molar-refractivity contribution in [2.75, 3.05) is 6.54 Å². The Morgan fingerprint density at radius 2 is 1.75 bits per heavy atom. The van der Waals surface area contributed by atoms with Gasteiger partial charge in [-0.2, -0.15) is 0 Å². The molecule has 0 radical (unpaired) electrons. The molecule has 0 aromatic heterocycles. The fourth-order valence-electron chi connectivity index (χ4n) is 6.66. The highest BCUT2D eigenvalue weighted by Crippen LogP contribution is 2.66. The smallest absolute Gasteiger partial charge is 0.463 e. The van der Waals surface area contributed by atoms with E-state index in [0.717, 1.165) is 17.5 Å². The average molecular weight is 515 g/mol. The highest BCUT2D eigenvalue weighted by Gasteiger charge is 2.68. The average Bonchev–Trinajstić information content (AvgIpc) is 3.20. The van der Waals surface area contributed by atoms with Gasteiger partial charge < -0.3 is 32.8 Å². The van der Waals surface area contributed by atoms with Crippen LogP contribution >= 0.6 is 0 Å². The van der Waals surface area contributed by atoms with Crippen LogP contribution < -0.4 is 23.5 Å². The van der Waals surface area contributed by atoms with Crippen molar-refractivity contribution in [2.45, 2.75) is 70.0 Å². The fourth-order valence-corrected chi connectivity index (χ4v) is 6.66. The Hall–Kier alpha value is -1.93. The van der Waals surface area contributed by atoms with E-state index in [1.54, 1.807) is 12.1 Å². The number of nitrogens with one attached hydrogen (secondary N) is 1. The summed E-state index contributed by atoms with van der Waals surface area (Å²) in [5, 5.41) is 3.11. The van der Waals surface area contributed by atoms with Gasteiger partial charge in [0, 0.05) is 18.8 Å². The summed E-state index contributed by atoms with van der Waals surface area (Å²) >= 11 is 0. The van der Waals surface area contributed by atoms with Gasteiger partial charge >= 0.3 is 7.12 Å². The monoisotopic (exact) mass is 514 g/mol. The zero-order valence-corrected chi connectivity index (χ0v) is 22.1. The summed E-state index contributed by atoms with van der Waals surface area (Å²) in [6.07, 6.45) is 3.51. The van der Waals surface area contributed by atoms with Crippen LogP contribution in [0.2, 0.25) is 5.82 Å². The maximum atomic E-state index is 13.5. The van der Waals surface area contributed by atoms with Crippen LogP contribution in [0.15, 0.2) is 54.6 Å². The zero-order valence-electron chi connectivity index (χ0n) is 21.4. The number of benzene rings is 2. The molecule has 2 bridgehead atoms. The molecule has 4 aliphatic rings. The van der Waals surface area contributed by atoms with Crippen LogP contribution in [-0.2, 0) is 26.9 Å². The van der Waals surface area contributed by atoms with Crippen LogP contribution in [0.1, 0.15) is 44.7 Å². The molecule has 2 aromatic rings. The molecule has 0 spiro atoms. The maximum absolute atomic E-state index is 13.5. The minimum absolute atomic E-state index is 0. The van der Waals surface area contributed by atoms with Crippen LogP contribution in [-0.4, -0.2) is 37.3 Å². The summed E-state index contributed by atoms with van der Waals surface area (Å²) in [5.74, 6) is 0.723. The molecule has 6 rings (SSSR count). The number of rotatable bonds is 8. The SMILES string of the molecule is CC1(C)[C@H]2C[C@@H]3OB(C(CNC(=O)[C@@H]([NH3+])Cc4ccccc4)Cc4ccc(F)cc4)O[C@]3(C)[C@@H]1C2.[Cl-]. The molecule has 36 heavy (non-hydrogen) atoms. The molecular weight excluding hydrogens is 478 g/mol. The lowest BCUT2D eigenvalue weighted by Crippen LogP contribution is -3.00. The first-order valence-electron chi connectivity index (χ1n) is 12.9. The third-order valence-electron chi connectivity index (χ3n) is 9.00. The lowest BCUT2D eigenvalue weighted by atomic mass is 9.43. The summed E-state index contributed by atoms with van der Waals surface area (Å²) in [7, 11) is -0.414. The van der Waals surface area contributed by atoms with Crippen molar-refractivity contribution in [1.82, 2.24) is 5.32 Å². The quantitative estimate of drug-likeness (QED) is 0.502. The highest BCUT2D eigenvalue weighted by molar-refractivity contribution is 6.47. The summed E-state index contributed by atoms with van der Waals surface area (Å²) in [6, 6.07) is 16.1. The Balaban J connectivity index is 0.00000304. The molecule has 5 nitrogen and oxygen atoms in total. The molecule has 2 aromatic carbocycles.